The van der Waals surface area contributed by atoms with Gasteiger partial charge >= 0.3 is 5.97 Å². The summed E-state index contributed by atoms with van der Waals surface area (Å²) in [6.07, 6.45) is 4.01. The third-order valence-corrected chi connectivity index (χ3v) is 5.17. The van der Waals surface area contributed by atoms with Crippen LogP contribution in [0.4, 0.5) is 0 Å². The SMILES string of the molecule is CC1CCCC(N2CC(C(C)C(=O)O)C2)C1C. The highest BCUT2D eigenvalue weighted by Gasteiger charge is 2.41. The second-order valence-corrected chi connectivity index (χ2v) is 6.18. The number of carboxylic acids is 1. The Morgan fingerprint density at radius 2 is 1.94 bits per heavy atom. The van der Waals surface area contributed by atoms with Gasteiger partial charge in [-0.2, -0.15) is 0 Å². The van der Waals surface area contributed by atoms with E-state index in [4.69, 9.17) is 5.11 Å². The lowest BCUT2D eigenvalue weighted by molar-refractivity contribution is -0.146. The van der Waals surface area contributed by atoms with Gasteiger partial charge < -0.3 is 5.11 Å². The topological polar surface area (TPSA) is 40.5 Å². The lowest BCUT2D eigenvalue weighted by atomic mass is 9.74. The molecule has 1 aliphatic carbocycles. The zero-order chi connectivity index (χ0) is 12.6. The molecule has 0 amide bonds. The molecule has 1 saturated heterocycles. The molecule has 1 aliphatic heterocycles. The van der Waals surface area contributed by atoms with Crippen molar-refractivity contribution in [2.75, 3.05) is 13.1 Å². The van der Waals surface area contributed by atoms with E-state index in [2.05, 4.69) is 18.7 Å². The summed E-state index contributed by atoms with van der Waals surface area (Å²) in [5.74, 6) is 1.15. The Labute approximate surface area is 104 Å². The van der Waals surface area contributed by atoms with Crippen molar-refractivity contribution in [3.05, 3.63) is 0 Å². The number of carboxylic acid groups (broad SMARTS) is 1. The largest absolute Gasteiger partial charge is 0.481 e. The van der Waals surface area contributed by atoms with Gasteiger partial charge in [-0.15, -0.1) is 0 Å². The van der Waals surface area contributed by atoms with E-state index < -0.39 is 5.97 Å². The van der Waals surface area contributed by atoms with Crippen LogP contribution in [0.3, 0.4) is 0 Å². The molecule has 2 rings (SSSR count). The third-order valence-electron chi connectivity index (χ3n) is 5.17. The van der Waals surface area contributed by atoms with Crippen LogP contribution in [0, 0.1) is 23.7 Å². The van der Waals surface area contributed by atoms with Gasteiger partial charge in [-0.05, 0) is 24.2 Å². The van der Waals surface area contributed by atoms with E-state index in [0.717, 1.165) is 24.9 Å². The molecule has 3 nitrogen and oxygen atoms in total. The number of aliphatic carboxylic acids is 1. The smallest absolute Gasteiger partial charge is 0.306 e. The minimum absolute atomic E-state index is 0.178. The fourth-order valence-corrected chi connectivity index (χ4v) is 3.41. The zero-order valence-electron chi connectivity index (χ0n) is 11.2. The van der Waals surface area contributed by atoms with E-state index in [1.54, 1.807) is 0 Å². The zero-order valence-corrected chi connectivity index (χ0v) is 11.2. The van der Waals surface area contributed by atoms with Crippen LogP contribution in [-0.4, -0.2) is 35.1 Å². The molecule has 0 aromatic heterocycles. The summed E-state index contributed by atoms with van der Waals surface area (Å²) < 4.78 is 0. The van der Waals surface area contributed by atoms with Crippen LogP contribution in [0.5, 0.6) is 0 Å². The lowest BCUT2D eigenvalue weighted by Crippen LogP contribution is -2.58. The van der Waals surface area contributed by atoms with Gasteiger partial charge in [0.25, 0.3) is 0 Å². The van der Waals surface area contributed by atoms with Gasteiger partial charge in [-0.1, -0.05) is 33.6 Å². The van der Waals surface area contributed by atoms with Crippen LogP contribution in [0.1, 0.15) is 40.0 Å². The summed E-state index contributed by atoms with van der Waals surface area (Å²) in [6.45, 7) is 8.55. The molecule has 2 aliphatic rings. The van der Waals surface area contributed by atoms with Crippen molar-refractivity contribution < 1.29 is 9.90 Å². The Balaban J connectivity index is 1.85. The van der Waals surface area contributed by atoms with Crippen molar-refractivity contribution in [1.29, 1.82) is 0 Å². The van der Waals surface area contributed by atoms with E-state index in [1.807, 2.05) is 6.92 Å². The van der Waals surface area contributed by atoms with Crippen molar-refractivity contribution in [3.8, 4) is 0 Å². The summed E-state index contributed by atoms with van der Waals surface area (Å²) >= 11 is 0. The molecule has 1 heterocycles. The standard InChI is InChI=1S/C14H25NO2/c1-9-5-4-6-13(10(9)2)15-7-12(8-15)11(3)14(16)17/h9-13H,4-8H2,1-3H3,(H,16,17). The first kappa shape index (κ1) is 12.9. The van der Waals surface area contributed by atoms with Gasteiger partial charge in [0, 0.05) is 19.1 Å². The molecule has 4 atom stereocenters. The molecular weight excluding hydrogens is 214 g/mol. The van der Waals surface area contributed by atoms with Crippen molar-refractivity contribution in [2.45, 2.75) is 46.1 Å². The highest BCUT2D eigenvalue weighted by molar-refractivity contribution is 5.70. The maximum Gasteiger partial charge on any atom is 0.306 e. The van der Waals surface area contributed by atoms with E-state index in [-0.39, 0.29) is 5.92 Å². The lowest BCUT2D eigenvalue weighted by Gasteiger charge is -2.50. The van der Waals surface area contributed by atoms with E-state index in [9.17, 15) is 4.79 Å². The van der Waals surface area contributed by atoms with Crippen LogP contribution in [0.2, 0.25) is 0 Å². The van der Waals surface area contributed by atoms with Crippen LogP contribution in [0.15, 0.2) is 0 Å². The van der Waals surface area contributed by atoms with Crippen LogP contribution >= 0.6 is 0 Å². The number of likely N-dealkylation sites (tertiary alicyclic amines) is 1. The molecule has 1 N–H and O–H groups in total. The molecule has 0 radical (unpaired) electrons. The Bertz CT molecular complexity index is 286. The van der Waals surface area contributed by atoms with Crippen molar-refractivity contribution >= 4 is 5.97 Å². The normalized spacial score (nSPS) is 37.5. The number of hydrogen-bond acceptors (Lipinski definition) is 2. The number of hydrogen-bond donors (Lipinski definition) is 1. The number of rotatable bonds is 3. The van der Waals surface area contributed by atoms with Crippen molar-refractivity contribution in [2.24, 2.45) is 23.7 Å². The first-order valence-corrected chi connectivity index (χ1v) is 6.97. The van der Waals surface area contributed by atoms with Gasteiger partial charge in [-0.25, -0.2) is 0 Å². The Kier molecular flexibility index (Phi) is 3.76. The summed E-state index contributed by atoms with van der Waals surface area (Å²) in [5.41, 5.74) is 0. The van der Waals surface area contributed by atoms with Crippen molar-refractivity contribution in [3.63, 3.8) is 0 Å². The maximum atomic E-state index is 10.9. The first-order chi connectivity index (χ1) is 8.00. The molecule has 3 heteroatoms. The number of nitrogens with zero attached hydrogens (tertiary/aromatic N) is 1. The molecule has 0 spiro atoms. The highest BCUT2D eigenvalue weighted by Crippen LogP contribution is 2.37. The molecule has 0 aromatic rings. The van der Waals surface area contributed by atoms with Gasteiger partial charge in [0.2, 0.25) is 0 Å². The molecule has 98 valence electrons. The first-order valence-electron chi connectivity index (χ1n) is 6.97. The number of carbonyl (C=O) groups is 1. The minimum atomic E-state index is -0.639. The van der Waals surface area contributed by atoms with Gasteiger partial charge in [0.15, 0.2) is 0 Å². The molecule has 2 fully saturated rings. The molecule has 17 heavy (non-hydrogen) atoms. The molecule has 1 saturated carbocycles. The second-order valence-electron chi connectivity index (χ2n) is 6.18. The summed E-state index contributed by atoms with van der Waals surface area (Å²) in [5, 5.41) is 8.99. The van der Waals surface area contributed by atoms with Gasteiger partial charge in [-0.3, -0.25) is 9.69 Å². The van der Waals surface area contributed by atoms with Gasteiger partial charge in [0.05, 0.1) is 5.92 Å². The quantitative estimate of drug-likeness (QED) is 0.822. The average molecular weight is 239 g/mol. The Morgan fingerprint density at radius 3 is 2.53 bits per heavy atom. The fourth-order valence-electron chi connectivity index (χ4n) is 3.41. The van der Waals surface area contributed by atoms with Crippen LogP contribution in [-0.2, 0) is 4.79 Å². The Morgan fingerprint density at radius 1 is 1.29 bits per heavy atom. The Hall–Kier alpha value is -0.570. The fraction of sp³-hybridized carbons (Fsp3) is 0.929. The summed E-state index contributed by atoms with van der Waals surface area (Å²) in [6, 6.07) is 0.705. The van der Waals surface area contributed by atoms with Crippen molar-refractivity contribution in [1.82, 2.24) is 4.90 Å². The van der Waals surface area contributed by atoms with E-state index >= 15 is 0 Å². The molecule has 4 unspecified atom stereocenters. The monoisotopic (exact) mass is 239 g/mol. The molecule has 0 aromatic carbocycles. The maximum absolute atomic E-state index is 10.9. The van der Waals surface area contributed by atoms with Crippen LogP contribution < -0.4 is 0 Å². The summed E-state index contributed by atoms with van der Waals surface area (Å²) in [7, 11) is 0. The summed E-state index contributed by atoms with van der Waals surface area (Å²) in [4.78, 5) is 13.4. The minimum Gasteiger partial charge on any atom is -0.481 e. The predicted octanol–water partition coefficient (Wildman–Crippen LogP) is 2.46. The van der Waals surface area contributed by atoms with E-state index in [0.29, 0.717) is 12.0 Å². The average Bonchev–Trinajstić information content (AvgIpc) is 2.21. The second kappa shape index (κ2) is 4.97. The van der Waals surface area contributed by atoms with Gasteiger partial charge in [0.1, 0.15) is 0 Å². The predicted molar refractivity (Wildman–Crippen MR) is 67.8 cm³/mol. The highest BCUT2D eigenvalue weighted by atomic mass is 16.4. The molecular formula is C14H25NO2. The molecule has 0 bridgehead atoms. The van der Waals surface area contributed by atoms with E-state index in [1.165, 1.54) is 19.3 Å². The third kappa shape index (κ3) is 2.49. The van der Waals surface area contributed by atoms with Crippen LogP contribution in [0.25, 0.3) is 0 Å².